The number of aryl methyl sites for hydroxylation is 1. The van der Waals surface area contributed by atoms with Crippen LogP contribution in [0.5, 0.6) is 0 Å². The Bertz CT molecular complexity index is 501. The molecule has 0 aliphatic heterocycles. The Morgan fingerprint density at radius 3 is 2.65 bits per heavy atom. The molecule has 2 nitrogen and oxygen atoms in total. The van der Waals surface area contributed by atoms with Crippen molar-refractivity contribution in [1.82, 2.24) is 4.98 Å². The minimum absolute atomic E-state index is 0.0399. The van der Waals surface area contributed by atoms with E-state index in [1.165, 1.54) is 35.9 Å². The van der Waals surface area contributed by atoms with Gasteiger partial charge < -0.3 is 10.7 Å². The van der Waals surface area contributed by atoms with Gasteiger partial charge in [0.15, 0.2) is 0 Å². The Labute approximate surface area is 122 Å². The number of aromatic nitrogens is 1. The molecule has 0 spiro atoms. The van der Waals surface area contributed by atoms with Gasteiger partial charge in [-0.25, -0.2) is 0 Å². The second kappa shape index (κ2) is 6.45. The highest BCUT2D eigenvalue weighted by Crippen LogP contribution is 2.23. The first kappa shape index (κ1) is 15.1. The van der Waals surface area contributed by atoms with Crippen molar-refractivity contribution in [2.45, 2.75) is 58.4 Å². The molecule has 20 heavy (non-hydrogen) atoms. The lowest BCUT2D eigenvalue weighted by Crippen LogP contribution is -2.34. The van der Waals surface area contributed by atoms with E-state index in [0.29, 0.717) is 0 Å². The zero-order chi connectivity index (χ0) is 14.6. The van der Waals surface area contributed by atoms with Gasteiger partial charge in [-0.2, -0.15) is 0 Å². The second-order valence-corrected chi connectivity index (χ2v) is 6.74. The third-order valence-corrected chi connectivity index (χ3v) is 4.04. The maximum Gasteiger partial charge on any atom is 0.0456 e. The number of nitrogens with one attached hydrogen (secondary N) is 1. The first-order chi connectivity index (χ1) is 9.48. The SMILES string of the molecule is CCC(CCCc1cc2ccccc2[nH]1)CC(C)(C)N. The molecule has 2 rings (SSSR count). The third kappa shape index (κ3) is 4.38. The van der Waals surface area contributed by atoms with E-state index in [4.69, 9.17) is 5.73 Å². The van der Waals surface area contributed by atoms with Crippen molar-refractivity contribution in [2.75, 3.05) is 0 Å². The predicted octanol–water partition coefficient (Wildman–Crippen LogP) is 4.64. The van der Waals surface area contributed by atoms with E-state index in [2.05, 4.69) is 56.1 Å². The van der Waals surface area contributed by atoms with Crippen LogP contribution in [-0.2, 0) is 6.42 Å². The highest BCUT2D eigenvalue weighted by molar-refractivity contribution is 5.80. The number of para-hydroxylation sites is 1. The summed E-state index contributed by atoms with van der Waals surface area (Å²) in [5.74, 6) is 0.749. The normalized spacial score (nSPS) is 13.8. The van der Waals surface area contributed by atoms with E-state index in [-0.39, 0.29) is 5.54 Å². The molecule has 0 bridgehead atoms. The lowest BCUT2D eigenvalue weighted by Gasteiger charge is -2.25. The molecule has 2 heteroatoms. The van der Waals surface area contributed by atoms with E-state index < -0.39 is 0 Å². The molecule has 110 valence electrons. The van der Waals surface area contributed by atoms with Crippen molar-refractivity contribution < 1.29 is 0 Å². The molecule has 0 saturated carbocycles. The minimum Gasteiger partial charge on any atom is -0.358 e. The summed E-state index contributed by atoms with van der Waals surface area (Å²) in [7, 11) is 0. The van der Waals surface area contributed by atoms with Crippen molar-refractivity contribution in [3.8, 4) is 0 Å². The Hall–Kier alpha value is -1.28. The van der Waals surface area contributed by atoms with Gasteiger partial charge in [0.2, 0.25) is 0 Å². The van der Waals surface area contributed by atoms with Crippen LogP contribution in [0, 0.1) is 5.92 Å². The lowest BCUT2D eigenvalue weighted by atomic mass is 9.86. The van der Waals surface area contributed by atoms with Crippen LogP contribution in [0.2, 0.25) is 0 Å². The van der Waals surface area contributed by atoms with E-state index in [1.54, 1.807) is 0 Å². The maximum absolute atomic E-state index is 6.14. The largest absolute Gasteiger partial charge is 0.358 e. The number of nitrogens with two attached hydrogens (primary N) is 1. The Balaban J connectivity index is 1.85. The van der Waals surface area contributed by atoms with E-state index in [0.717, 1.165) is 18.8 Å². The molecule has 1 unspecified atom stereocenters. The summed E-state index contributed by atoms with van der Waals surface area (Å²) < 4.78 is 0. The van der Waals surface area contributed by atoms with Crippen molar-refractivity contribution >= 4 is 10.9 Å². The molecule has 0 aliphatic rings. The van der Waals surface area contributed by atoms with Gasteiger partial charge in [-0.3, -0.25) is 0 Å². The van der Waals surface area contributed by atoms with Crippen LogP contribution >= 0.6 is 0 Å². The van der Waals surface area contributed by atoms with Gasteiger partial charge >= 0.3 is 0 Å². The summed E-state index contributed by atoms with van der Waals surface area (Å²) in [6.07, 6.45) is 5.99. The van der Waals surface area contributed by atoms with Gasteiger partial charge in [-0.05, 0) is 56.5 Å². The maximum atomic E-state index is 6.14. The summed E-state index contributed by atoms with van der Waals surface area (Å²) in [5.41, 5.74) is 8.70. The van der Waals surface area contributed by atoms with Crippen LogP contribution in [0.3, 0.4) is 0 Å². The molecular weight excluding hydrogens is 244 g/mol. The molecule has 1 heterocycles. The van der Waals surface area contributed by atoms with Crippen LogP contribution in [0.4, 0.5) is 0 Å². The highest BCUT2D eigenvalue weighted by Gasteiger charge is 2.17. The quantitative estimate of drug-likeness (QED) is 0.757. The monoisotopic (exact) mass is 272 g/mol. The number of benzene rings is 1. The number of hydrogen-bond acceptors (Lipinski definition) is 1. The van der Waals surface area contributed by atoms with Crippen LogP contribution < -0.4 is 5.73 Å². The first-order valence-corrected chi connectivity index (χ1v) is 7.83. The Morgan fingerprint density at radius 1 is 1.25 bits per heavy atom. The molecule has 1 atom stereocenters. The van der Waals surface area contributed by atoms with Crippen molar-refractivity contribution in [1.29, 1.82) is 0 Å². The van der Waals surface area contributed by atoms with E-state index >= 15 is 0 Å². The predicted molar refractivity (Wildman–Crippen MR) is 87.9 cm³/mol. The number of rotatable bonds is 7. The summed E-state index contributed by atoms with van der Waals surface area (Å²) in [6.45, 7) is 6.54. The molecular formula is C18H28N2. The lowest BCUT2D eigenvalue weighted by molar-refractivity contribution is 0.330. The van der Waals surface area contributed by atoms with E-state index in [1.807, 2.05) is 0 Å². The number of hydrogen-bond donors (Lipinski definition) is 2. The van der Waals surface area contributed by atoms with Crippen molar-refractivity contribution in [2.24, 2.45) is 11.7 Å². The van der Waals surface area contributed by atoms with Crippen LogP contribution in [0.1, 0.15) is 52.1 Å². The molecule has 1 aromatic heterocycles. The molecule has 0 radical (unpaired) electrons. The molecule has 0 saturated heterocycles. The van der Waals surface area contributed by atoms with Crippen LogP contribution in [-0.4, -0.2) is 10.5 Å². The average molecular weight is 272 g/mol. The summed E-state index contributed by atoms with van der Waals surface area (Å²) in [4.78, 5) is 3.51. The molecule has 0 aliphatic carbocycles. The summed E-state index contributed by atoms with van der Waals surface area (Å²) >= 11 is 0. The molecule has 0 fully saturated rings. The molecule has 2 aromatic rings. The fourth-order valence-corrected chi connectivity index (χ4v) is 3.04. The zero-order valence-electron chi connectivity index (χ0n) is 13.1. The fraction of sp³-hybridized carbons (Fsp3) is 0.556. The number of aromatic amines is 1. The van der Waals surface area contributed by atoms with Gasteiger partial charge in [-0.1, -0.05) is 38.0 Å². The minimum atomic E-state index is -0.0399. The van der Waals surface area contributed by atoms with Gasteiger partial charge in [0.1, 0.15) is 0 Å². The molecule has 0 amide bonds. The standard InChI is InChI=1S/C18H28N2/c1-4-14(13-18(2,3)19)8-7-10-16-12-15-9-5-6-11-17(15)20-16/h5-6,9,11-12,14,20H,4,7-8,10,13,19H2,1-3H3. The molecule has 3 N–H and O–H groups in total. The highest BCUT2D eigenvalue weighted by atomic mass is 14.7. The number of H-pyrrole nitrogens is 1. The van der Waals surface area contributed by atoms with Crippen molar-refractivity contribution in [3.63, 3.8) is 0 Å². The summed E-state index contributed by atoms with van der Waals surface area (Å²) in [5, 5.41) is 1.32. The van der Waals surface area contributed by atoms with Gasteiger partial charge in [0.05, 0.1) is 0 Å². The van der Waals surface area contributed by atoms with Crippen molar-refractivity contribution in [3.05, 3.63) is 36.0 Å². The van der Waals surface area contributed by atoms with E-state index in [9.17, 15) is 0 Å². The average Bonchev–Trinajstić information content (AvgIpc) is 2.78. The zero-order valence-corrected chi connectivity index (χ0v) is 13.1. The summed E-state index contributed by atoms with van der Waals surface area (Å²) in [6, 6.07) is 10.8. The van der Waals surface area contributed by atoms with Gasteiger partial charge in [0.25, 0.3) is 0 Å². The first-order valence-electron chi connectivity index (χ1n) is 7.83. The topological polar surface area (TPSA) is 41.8 Å². The fourth-order valence-electron chi connectivity index (χ4n) is 3.04. The smallest absolute Gasteiger partial charge is 0.0456 e. The van der Waals surface area contributed by atoms with Crippen LogP contribution in [0.15, 0.2) is 30.3 Å². The molecule has 1 aromatic carbocycles. The Kier molecular flexibility index (Phi) is 4.87. The second-order valence-electron chi connectivity index (χ2n) is 6.74. The number of fused-ring (bicyclic) bond motifs is 1. The van der Waals surface area contributed by atoms with Crippen LogP contribution in [0.25, 0.3) is 10.9 Å². The van der Waals surface area contributed by atoms with Gasteiger partial charge in [-0.15, -0.1) is 0 Å². The Morgan fingerprint density at radius 2 is 2.00 bits per heavy atom. The third-order valence-electron chi connectivity index (χ3n) is 4.04. The van der Waals surface area contributed by atoms with Gasteiger partial charge in [0, 0.05) is 16.7 Å².